The molecule has 1 atom stereocenters. The number of rotatable bonds is 2. The topological polar surface area (TPSA) is 35.8 Å². The molecule has 2 rings (SSSR count). The molecular formula is C13H16ClFN2O. The van der Waals surface area contributed by atoms with E-state index in [0.717, 1.165) is 30.8 Å². The summed E-state index contributed by atoms with van der Waals surface area (Å²) >= 11 is 6.01. The molecule has 1 aliphatic rings. The Kier molecular flexibility index (Phi) is 4.19. The van der Waals surface area contributed by atoms with Gasteiger partial charge in [0.25, 0.3) is 0 Å². The quantitative estimate of drug-likeness (QED) is 0.662. The molecule has 0 spiro atoms. The lowest BCUT2D eigenvalue weighted by Gasteiger charge is -2.31. The zero-order valence-electron chi connectivity index (χ0n) is 10.2. The molecule has 0 bridgehead atoms. The average molecular weight is 271 g/mol. The van der Waals surface area contributed by atoms with Crippen molar-refractivity contribution in [3.05, 3.63) is 34.6 Å². The van der Waals surface area contributed by atoms with Crippen LogP contribution in [-0.2, 0) is 6.54 Å². The number of likely N-dealkylation sites (tertiary alicyclic amines) is 1. The average Bonchev–Trinajstić information content (AvgIpc) is 2.33. The van der Waals surface area contributed by atoms with E-state index in [-0.39, 0.29) is 11.7 Å². The molecule has 1 aromatic carbocycles. The smallest absolute Gasteiger partial charge is 0.124 e. The fourth-order valence-corrected chi connectivity index (χ4v) is 2.51. The van der Waals surface area contributed by atoms with Crippen LogP contribution in [0.15, 0.2) is 23.4 Å². The van der Waals surface area contributed by atoms with Crippen LogP contribution in [0, 0.1) is 11.7 Å². The van der Waals surface area contributed by atoms with Crippen LogP contribution in [0.25, 0.3) is 0 Å². The fourth-order valence-electron chi connectivity index (χ4n) is 2.29. The van der Waals surface area contributed by atoms with E-state index in [1.54, 1.807) is 6.07 Å². The monoisotopic (exact) mass is 270 g/mol. The van der Waals surface area contributed by atoms with Crippen molar-refractivity contribution in [1.29, 1.82) is 0 Å². The Morgan fingerprint density at radius 2 is 2.33 bits per heavy atom. The van der Waals surface area contributed by atoms with Crippen LogP contribution in [0.3, 0.4) is 0 Å². The van der Waals surface area contributed by atoms with Gasteiger partial charge in [0.2, 0.25) is 0 Å². The minimum absolute atomic E-state index is 0.239. The molecular weight excluding hydrogens is 255 g/mol. The van der Waals surface area contributed by atoms with Crippen LogP contribution in [-0.4, -0.2) is 28.9 Å². The molecule has 0 radical (unpaired) electrons. The lowest BCUT2D eigenvalue weighted by molar-refractivity contribution is 0.228. The first-order chi connectivity index (χ1) is 8.60. The predicted molar refractivity (Wildman–Crippen MR) is 69.7 cm³/mol. The van der Waals surface area contributed by atoms with Gasteiger partial charge < -0.3 is 5.21 Å². The number of halogens is 2. The third-order valence-electron chi connectivity index (χ3n) is 3.32. The largest absolute Gasteiger partial charge is 0.411 e. The van der Waals surface area contributed by atoms with Crippen molar-refractivity contribution < 1.29 is 9.60 Å². The Morgan fingerprint density at radius 3 is 2.94 bits per heavy atom. The highest BCUT2D eigenvalue weighted by atomic mass is 35.5. The molecule has 0 saturated carbocycles. The molecule has 1 aromatic rings. The second-order valence-electron chi connectivity index (χ2n) is 4.71. The summed E-state index contributed by atoms with van der Waals surface area (Å²) in [5.74, 6) is -0.0755. The summed E-state index contributed by atoms with van der Waals surface area (Å²) in [6.45, 7) is 4.39. The molecule has 3 nitrogen and oxygen atoms in total. The van der Waals surface area contributed by atoms with Crippen LogP contribution in [0.4, 0.5) is 4.39 Å². The van der Waals surface area contributed by atoms with Crippen LogP contribution < -0.4 is 0 Å². The number of oxime groups is 1. The molecule has 0 aliphatic carbocycles. The van der Waals surface area contributed by atoms with E-state index < -0.39 is 0 Å². The van der Waals surface area contributed by atoms with Gasteiger partial charge in [0, 0.05) is 37.0 Å². The SMILES string of the molecule is CC1CN(Cc2ccc(F)cc2Cl)CC/C1=N\O. The van der Waals surface area contributed by atoms with Gasteiger partial charge in [-0.05, 0) is 17.7 Å². The Labute approximate surface area is 111 Å². The highest BCUT2D eigenvalue weighted by molar-refractivity contribution is 6.31. The summed E-state index contributed by atoms with van der Waals surface area (Å²) in [6.07, 6.45) is 0.760. The lowest BCUT2D eigenvalue weighted by atomic mass is 9.97. The van der Waals surface area contributed by atoms with Crippen molar-refractivity contribution in [2.75, 3.05) is 13.1 Å². The van der Waals surface area contributed by atoms with Crippen molar-refractivity contribution in [1.82, 2.24) is 4.90 Å². The van der Waals surface area contributed by atoms with Gasteiger partial charge in [-0.2, -0.15) is 0 Å². The first kappa shape index (κ1) is 13.3. The number of nitrogens with zero attached hydrogens (tertiary/aromatic N) is 2. The van der Waals surface area contributed by atoms with Gasteiger partial charge in [0.15, 0.2) is 0 Å². The second-order valence-corrected chi connectivity index (χ2v) is 5.12. The number of benzene rings is 1. The van der Waals surface area contributed by atoms with Crippen molar-refractivity contribution in [3.63, 3.8) is 0 Å². The number of hydrogen-bond acceptors (Lipinski definition) is 3. The highest BCUT2D eigenvalue weighted by Crippen LogP contribution is 2.22. The maximum atomic E-state index is 12.9. The summed E-state index contributed by atoms with van der Waals surface area (Å²) in [4.78, 5) is 2.23. The molecule has 1 unspecified atom stereocenters. The minimum atomic E-state index is -0.314. The zero-order valence-corrected chi connectivity index (χ0v) is 11.0. The molecule has 0 amide bonds. The van der Waals surface area contributed by atoms with Gasteiger partial charge >= 0.3 is 0 Å². The summed E-state index contributed by atoms with van der Waals surface area (Å²) < 4.78 is 12.9. The standard InChI is InChI=1S/C13H16ClFN2O/c1-9-7-17(5-4-13(9)16-18)8-10-2-3-11(15)6-12(10)14/h2-3,6,9,18H,4-5,7-8H2,1H3/b16-13+. The van der Waals surface area contributed by atoms with Gasteiger partial charge in [-0.15, -0.1) is 0 Å². The Balaban J connectivity index is 2.02. The Hall–Kier alpha value is -1.13. The van der Waals surface area contributed by atoms with Crippen molar-refractivity contribution in [2.45, 2.75) is 19.9 Å². The van der Waals surface area contributed by atoms with E-state index in [2.05, 4.69) is 10.1 Å². The molecule has 0 aromatic heterocycles. The van der Waals surface area contributed by atoms with Crippen LogP contribution in [0.5, 0.6) is 0 Å². The Bertz CT molecular complexity index is 464. The second kappa shape index (κ2) is 5.67. The summed E-state index contributed by atoms with van der Waals surface area (Å²) in [7, 11) is 0. The first-order valence-electron chi connectivity index (χ1n) is 5.97. The maximum absolute atomic E-state index is 12.9. The van der Waals surface area contributed by atoms with E-state index in [0.29, 0.717) is 11.6 Å². The molecule has 18 heavy (non-hydrogen) atoms. The maximum Gasteiger partial charge on any atom is 0.124 e. The molecule has 1 N–H and O–H groups in total. The number of piperidine rings is 1. The van der Waals surface area contributed by atoms with E-state index in [4.69, 9.17) is 16.8 Å². The van der Waals surface area contributed by atoms with Crippen LogP contribution in [0.2, 0.25) is 5.02 Å². The van der Waals surface area contributed by atoms with Gasteiger partial charge in [0.1, 0.15) is 5.82 Å². The van der Waals surface area contributed by atoms with Crippen molar-refractivity contribution in [3.8, 4) is 0 Å². The lowest BCUT2D eigenvalue weighted by Crippen LogP contribution is -2.39. The van der Waals surface area contributed by atoms with Gasteiger partial charge in [-0.1, -0.05) is 29.7 Å². The van der Waals surface area contributed by atoms with Gasteiger partial charge in [0.05, 0.1) is 5.71 Å². The van der Waals surface area contributed by atoms with E-state index >= 15 is 0 Å². The normalized spacial score (nSPS) is 23.5. The van der Waals surface area contributed by atoms with Crippen LogP contribution in [0.1, 0.15) is 18.9 Å². The molecule has 5 heteroatoms. The molecule has 1 fully saturated rings. The summed E-state index contributed by atoms with van der Waals surface area (Å²) in [5.41, 5.74) is 1.77. The van der Waals surface area contributed by atoms with Gasteiger partial charge in [-0.25, -0.2) is 4.39 Å². The van der Waals surface area contributed by atoms with E-state index in [9.17, 15) is 4.39 Å². The molecule has 1 saturated heterocycles. The minimum Gasteiger partial charge on any atom is -0.411 e. The molecule has 98 valence electrons. The third kappa shape index (κ3) is 3.00. The highest BCUT2D eigenvalue weighted by Gasteiger charge is 2.22. The third-order valence-corrected chi connectivity index (χ3v) is 3.67. The van der Waals surface area contributed by atoms with Crippen LogP contribution >= 0.6 is 11.6 Å². The van der Waals surface area contributed by atoms with Crippen molar-refractivity contribution in [2.24, 2.45) is 11.1 Å². The molecule has 1 heterocycles. The van der Waals surface area contributed by atoms with Gasteiger partial charge in [-0.3, -0.25) is 4.90 Å². The number of hydrogen-bond donors (Lipinski definition) is 1. The Morgan fingerprint density at radius 1 is 1.56 bits per heavy atom. The predicted octanol–water partition coefficient (Wildman–Crippen LogP) is 3.15. The van der Waals surface area contributed by atoms with E-state index in [1.807, 2.05) is 6.92 Å². The fraction of sp³-hybridized carbons (Fsp3) is 0.462. The van der Waals surface area contributed by atoms with Crippen molar-refractivity contribution >= 4 is 17.3 Å². The first-order valence-corrected chi connectivity index (χ1v) is 6.35. The summed E-state index contributed by atoms with van der Waals surface area (Å²) in [5, 5.41) is 12.6. The van der Waals surface area contributed by atoms with E-state index in [1.165, 1.54) is 12.1 Å². The molecule has 1 aliphatic heterocycles. The summed E-state index contributed by atoms with van der Waals surface area (Å²) in [6, 6.07) is 4.48. The zero-order chi connectivity index (χ0) is 13.1.